The molecular formula is C14H23N3OS. The van der Waals surface area contributed by atoms with E-state index in [1.54, 1.807) is 11.3 Å². The molecule has 1 N–H and O–H groups in total. The average molecular weight is 281 g/mol. The maximum absolute atomic E-state index is 12.2. The van der Waals surface area contributed by atoms with Gasteiger partial charge in [-0.25, -0.2) is 4.98 Å². The zero-order valence-electron chi connectivity index (χ0n) is 12.2. The van der Waals surface area contributed by atoms with E-state index in [-0.39, 0.29) is 11.9 Å². The number of thiazole rings is 1. The molecule has 1 aliphatic rings. The zero-order valence-corrected chi connectivity index (χ0v) is 13.0. The van der Waals surface area contributed by atoms with E-state index in [4.69, 9.17) is 0 Å². The van der Waals surface area contributed by atoms with Gasteiger partial charge >= 0.3 is 0 Å². The minimum absolute atomic E-state index is 0.0586. The van der Waals surface area contributed by atoms with Crippen molar-refractivity contribution < 1.29 is 4.79 Å². The first-order valence-electron chi connectivity index (χ1n) is 6.96. The molecule has 1 amide bonds. The van der Waals surface area contributed by atoms with Gasteiger partial charge in [-0.1, -0.05) is 6.92 Å². The lowest BCUT2D eigenvalue weighted by Crippen LogP contribution is -2.45. The molecule has 1 aromatic heterocycles. The molecule has 1 fully saturated rings. The molecule has 2 rings (SSSR count). The van der Waals surface area contributed by atoms with E-state index in [2.05, 4.69) is 22.1 Å². The second-order valence-electron chi connectivity index (χ2n) is 5.54. The second-order valence-corrected chi connectivity index (χ2v) is 6.75. The van der Waals surface area contributed by atoms with Gasteiger partial charge in [0.05, 0.1) is 11.7 Å². The second kappa shape index (κ2) is 6.01. The fourth-order valence-corrected chi connectivity index (χ4v) is 3.14. The maximum atomic E-state index is 12.2. The van der Waals surface area contributed by atoms with E-state index < -0.39 is 0 Å². The summed E-state index contributed by atoms with van der Waals surface area (Å²) in [5.41, 5.74) is 1.000. The Morgan fingerprint density at radius 2 is 2.05 bits per heavy atom. The van der Waals surface area contributed by atoms with Crippen LogP contribution in [0.4, 0.5) is 5.13 Å². The molecule has 4 nitrogen and oxygen atoms in total. The van der Waals surface area contributed by atoms with Crippen molar-refractivity contribution in [2.75, 3.05) is 18.4 Å². The van der Waals surface area contributed by atoms with Crippen molar-refractivity contribution in [2.24, 2.45) is 5.92 Å². The first-order valence-corrected chi connectivity index (χ1v) is 7.78. The molecule has 0 aromatic carbocycles. The number of hydrogen-bond donors (Lipinski definition) is 1. The molecule has 5 heteroatoms. The Labute approximate surface area is 119 Å². The predicted molar refractivity (Wildman–Crippen MR) is 79.7 cm³/mol. The summed E-state index contributed by atoms with van der Waals surface area (Å²) in [5.74, 6) is 0.846. The minimum Gasteiger partial charge on any atom is -0.301 e. The molecule has 1 saturated heterocycles. The Morgan fingerprint density at radius 3 is 2.58 bits per heavy atom. The minimum atomic E-state index is -0.0722. The number of piperidine rings is 1. The lowest BCUT2D eigenvalue weighted by atomic mass is 9.98. The van der Waals surface area contributed by atoms with Crippen LogP contribution in [0.1, 0.15) is 37.3 Å². The number of carbonyl (C=O) groups is 1. The highest BCUT2D eigenvalue weighted by Crippen LogP contribution is 2.22. The van der Waals surface area contributed by atoms with E-state index in [1.165, 1.54) is 12.8 Å². The summed E-state index contributed by atoms with van der Waals surface area (Å²) in [7, 11) is 0. The lowest BCUT2D eigenvalue weighted by molar-refractivity contribution is -0.121. The molecule has 1 atom stereocenters. The molecule has 106 valence electrons. The predicted octanol–water partition coefficient (Wildman–Crippen LogP) is 2.82. The fraction of sp³-hybridized carbons (Fsp3) is 0.714. The number of likely N-dealkylation sites (tertiary alicyclic amines) is 1. The van der Waals surface area contributed by atoms with Gasteiger partial charge in [-0.3, -0.25) is 9.69 Å². The SMILES string of the molecule is Cc1nc(NC(=O)[C@H](C)N2CCC(C)CC2)sc1C. The van der Waals surface area contributed by atoms with Crippen molar-refractivity contribution >= 4 is 22.4 Å². The monoisotopic (exact) mass is 281 g/mol. The Bertz CT molecular complexity index is 430. The lowest BCUT2D eigenvalue weighted by Gasteiger charge is -2.33. The third-order valence-corrected chi connectivity index (χ3v) is 4.99. The van der Waals surface area contributed by atoms with Crippen molar-refractivity contribution in [1.29, 1.82) is 0 Å². The summed E-state index contributed by atoms with van der Waals surface area (Å²) in [6.45, 7) is 10.3. The molecule has 0 radical (unpaired) electrons. The fourth-order valence-electron chi connectivity index (χ4n) is 2.32. The summed E-state index contributed by atoms with van der Waals surface area (Å²) >= 11 is 1.55. The van der Waals surface area contributed by atoms with Gasteiger partial charge in [0.15, 0.2) is 5.13 Å². The van der Waals surface area contributed by atoms with Crippen molar-refractivity contribution in [2.45, 2.75) is 46.6 Å². The van der Waals surface area contributed by atoms with Crippen LogP contribution >= 0.6 is 11.3 Å². The Hall–Kier alpha value is -0.940. The van der Waals surface area contributed by atoms with Crippen LogP contribution in [-0.2, 0) is 4.79 Å². The average Bonchev–Trinajstić information content (AvgIpc) is 2.68. The highest BCUT2D eigenvalue weighted by molar-refractivity contribution is 7.15. The molecule has 19 heavy (non-hydrogen) atoms. The van der Waals surface area contributed by atoms with Gasteiger partial charge in [-0.15, -0.1) is 11.3 Å². The van der Waals surface area contributed by atoms with Crippen LogP contribution in [0.2, 0.25) is 0 Å². The standard InChI is InChI=1S/C14H23N3OS/c1-9-5-7-17(8-6-9)11(3)13(18)16-14-15-10(2)12(4)19-14/h9,11H,5-8H2,1-4H3,(H,15,16,18)/t11-/m0/s1. The first-order chi connectivity index (χ1) is 8.97. The van der Waals surface area contributed by atoms with E-state index >= 15 is 0 Å². The maximum Gasteiger partial charge on any atom is 0.243 e. The van der Waals surface area contributed by atoms with Gasteiger partial charge in [0.1, 0.15) is 0 Å². The van der Waals surface area contributed by atoms with Gasteiger partial charge in [0, 0.05) is 4.88 Å². The molecule has 2 heterocycles. The number of rotatable bonds is 3. The summed E-state index contributed by atoms with van der Waals surface area (Å²) in [6, 6.07) is -0.0722. The van der Waals surface area contributed by atoms with Gasteiger partial charge in [0.25, 0.3) is 0 Å². The normalized spacial score (nSPS) is 19.4. The molecular weight excluding hydrogens is 258 g/mol. The van der Waals surface area contributed by atoms with Crippen molar-refractivity contribution in [1.82, 2.24) is 9.88 Å². The van der Waals surface area contributed by atoms with Crippen molar-refractivity contribution in [3.63, 3.8) is 0 Å². The third kappa shape index (κ3) is 3.54. The smallest absolute Gasteiger partial charge is 0.243 e. The Kier molecular flexibility index (Phi) is 4.58. The van der Waals surface area contributed by atoms with Gasteiger partial charge in [-0.05, 0) is 52.6 Å². The molecule has 1 aliphatic heterocycles. The summed E-state index contributed by atoms with van der Waals surface area (Å²) in [6.07, 6.45) is 2.38. The number of nitrogens with zero attached hydrogens (tertiary/aromatic N) is 2. The number of aromatic nitrogens is 1. The van der Waals surface area contributed by atoms with Gasteiger partial charge in [0.2, 0.25) is 5.91 Å². The number of carbonyl (C=O) groups excluding carboxylic acids is 1. The molecule has 0 bridgehead atoms. The number of hydrogen-bond acceptors (Lipinski definition) is 4. The summed E-state index contributed by atoms with van der Waals surface area (Å²) in [5, 5.41) is 3.66. The summed E-state index contributed by atoms with van der Waals surface area (Å²) in [4.78, 5) is 20.0. The molecule has 0 saturated carbocycles. The quantitative estimate of drug-likeness (QED) is 0.926. The Balaban J connectivity index is 1.92. The summed E-state index contributed by atoms with van der Waals surface area (Å²) < 4.78 is 0. The van der Waals surface area contributed by atoms with E-state index in [0.717, 1.165) is 34.7 Å². The Morgan fingerprint density at radius 1 is 1.42 bits per heavy atom. The van der Waals surface area contributed by atoms with Crippen LogP contribution in [0.25, 0.3) is 0 Å². The number of aryl methyl sites for hydroxylation is 2. The van der Waals surface area contributed by atoms with Crippen LogP contribution in [0.5, 0.6) is 0 Å². The highest BCUT2D eigenvalue weighted by atomic mass is 32.1. The van der Waals surface area contributed by atoms with Crippen molar-refractivity contribution in [3.05, 3.63) is 10.6 Å². The zero-order chi connectivity index (χ0) is 14.0. The van der Waals surface area contributed by atoms with Gasteiger partial charge in [-0.2, -0.15) is 0 Å². The third-order valence-electron chi connectivity index (χ3n) is 4.00. The van der Waals surface area contributed by atoms with Crippen LogP contribution in [0.3, 0.4) is 0 Å². The molecule has 0 spiro atoms. The van der Waals surface area contributed by atoms with Crippen LogP contribution in [0, 0.1) is 19.8 Å². The largest absolute Gasteiger partial charge is 0.301 e. The van der Waals surface area contributed by atoms with Crippen LogP contribution in [-0.4, -0.2) is 34.9 Å². The number of anilines is 1. The number of amides is 1. The van der Waals surface area contributed by atoms with Crippen molar-refractivity contribution in [3.8, 4) is 0 Å². The highest BCUT2D eigenvalue weighted by Gasteiger charge is 2.25. The van der Waals surface area contributed by atoms with Crippen LogP contribution in [0.15, 0.2) is 0 Å². The molecule has 0 unspecified atom stereocenters. The van der Waals surface area contributed by atoms with E-state index in [1.807, 2.05) is 20.8 Å². The first kappa shape index (κ1) is 14.5. The topological polar surface area (TPSA) is 45.2 Å². The van der Waals surface area contributed by atoms with Crippen LogP contribution < -0.4 is 5.32 Å². The number of nitrogens with one attached hydrogen (secondary N) is 1. The molecule has 1 aromatic rings. The van der Waals surface area contributed by atoms with Gasteiger partial charge < -0.3 is 5.32 Å². The van der Waals surface area contributed by atoms with E-state index in [0.29, 0.717) is 0 Å². The van der Waals surface area contributed by atoms with E-state index in [9.17, 15) is 4.79 Å². The molecule has 0 aliphatic carbocycles.